The van der Waals surface area contributed by atoms with E-state index in [1.807, 2.05) is 32.9 Å². The Bertz CT molecular complexity index is 426. The number of likely N-dealkylation sites (tertiary alicyclic amines) is 1. The minimum absolute atomic E-state index is 0.145. The summed E-state index contributed by atoms with van der Waals surface area (Å²) in [6, 6.07) is 4.37. The lowest BCUT2D eigenvalue weighted by Crippen LogP contribution is -2.34. The highest BCUT2D eigenvalue weighted by Gasteiger charge is 2.29. The van der Waals surface area contributed by atoms with E-state index in [0.717, 1.165) is 19.4 Å². The second-order valence-electron chi connectivity index (χ2n) is 6.00. The predicted octanol–water partition coefficient (Wildman–Crippen LogP) is 2.56. The maximum Gasteiger partial charge on any atom is 0.320 e. The molecule has 1 saturated heterocycles. The number of aromatic nitrogens is 1. The van der Waals surface area contributed by atoms with Crippen LogP contribution in [0.4, 0.5) is 0 Å². The van der Waals surface area contributed by atoms with Gasteiger partial charge in [0.1, 0.15) is 5.60 Å². The third kappa shape index (κ3) is 4.03. The Morgan fingerprint density at radius 1 is 1.42 bits per heavy atom. The van der Waals surface area contributed by atoms with Crippen LogP contribution in [0.1, 0.15) is 45.2 Å². The first-order valence-corrected chi connectivity index (χ1v) is 6.81. The monoisotopic (exact) mass is 262 g/mol. The van der Waals surface area contributed by atoms with E-state index in [1.165, 1.54) is 5.56 Å². The van der Waals surface area contributed by atoms with Crippen LogP contribution in [0, 0.1) is 0 Å². The van der Waals surface area contributed by atoms with Gasteiger partial charge < -0.3 is 4.74 Å². The Kier molecular flexibility index (Phi) is 4.20. The molecule has 0 spiro atoms. The molecule has 1 aromatic heterocycles. The fourth-order valence-corrected chi connectivity index (χ4v) is 2.52. The SMILES string of the molecule is CC(C)(C)OC(=O)CN1CCCC1c1ccncc1. The lowest BCUT2D eigenvalue weighted by molar-refractivity contribution is -0.156. The van der Waals surface area contributed by atoms with Crippen molar-refractivity contribution in [3.63, 3.8) is 0 Å². The van der Waals surface area contributed by atoms with Crippen LogP contribution >= 0.6 is 0 Å². The third-order valence-corrected chi connectivity index (χ3v) is 3.21. The molecule has 0 N–H and O–H groups in total. The molecule has 0 bridgehead atoms. The summed E-state index contributed by atoms with van der Waals surface area (Å²) in [6.07, 6.45) is 5.82. The second-order valence-corrected chi connectivity index (χ2v) is 6.00. The molecule has 0 amide bonds. The highest BCUT2D eigenvalue weighted by atomic mass is 16.6. The quantitative estimate of drug-likeness (QED) is 0.785. The molecule has 19 heavy (non-hydrogen) atoms. The first-order chi connectivity index (χ1) is 8.96. The average molecular weight is 262 g/mol. The maximum absolute atomic E-state index is 11.9. The van der Waals surface area contributed by atoms with Crippen LogP contribution in [0.3, 0.4) is 0 Å². The van der Waals surface area contributed by atoms with Crippen molar-refractivity contribution in [2.45, 2.75) is 45.3 Å². The van der Waals surface area contributed by atoms with Gasteiger partial charge in [-0.25, -0.2) is 0 Å². The molecule has 1 unspecified atom stereocenters. The molecule has 1 atom stereocenters. The van der Waals surface area contributed by atoms with Crippen molar-refractivity contribution in [1.29, 1.82) is 0 Å². The Morgan fingerprint density at radius 2 is 2.11 bits per heavy atom. The van der Waals surface area contributed by atoms with Crippen molar-refractivity contribution < 1.29 is 9.53 Å². The largest absolute Gasteiger partial charge is 0.459 e. The zero-order valence-corrected chi connectivity index (χ0v) is 11.9. The van der Waals surface area contributed by atoms with Gasteiger partial charge in [-0.3, -0.25) is 14.7 Å². The van der Waals surface area contributed by atoms with Crippen LogP contribution < -0.4 is 0 Å². The van der Waals surface area contributed by atoms with Crippen molar-refractivity contribution in [1.82, 2.24) is 9.88 Å². The van der Waals surface area contributed by atoms with Gasteiger partial charge in [-0.2, -0.15) is 0 Å². The first kappa shape index (κ1) is 14.0. The molecule has 1 aliphatic heterocycles. The number of hydrogen-bond donors (Lipinski definition) is 0. The van der Waals surface area contributed by atoms with Crippen LogP contribution in [-0.4, -0.2) is 34.5 Å². The van der Waals surface area contributed by atoms with Gasteiger partial charge in [0, 0.05) is 18.4 Å². The molecule has 4 nitrogen and oxygen atoms in total. The van der Waals surface area contributed by atoms with E-state index in [9.17, 15) is 4.79 Å². The first-order valence-electron chi connectivity index (χ1n) is 6.81. The van der Waals surface area contributed by atoms with Crippen molar-refractivity contribution in [2.75, 3.05) is 13.1 Å². The molecule has 2 rings (SSSR count). The Labute approximate surface area is 114 Å². The molecule has 0 radical (unpaired) electrons. The fourth-order valence-electron chi connectivity index (χ4n) is 2.52. The Balaban J connectivity index is 1.98. The smallest absolute Gasteiger partial charge is 0.320 e. The van der Waals surface area contributed by atoms with Crippen molar-refractivity contribution in [3.8, 4) is 0 Å². The topological polar surface area (TPSA) is 42.4 Å². The van der Waals surface area contributed by atoms with Gasteiger partial charge in [0.25, 0.3) is 0 Å². The van der Waals surface area contributed by atoms with Crippen LogP contribution in [0.25, 0.3) is 0 Å². The van der Waals surface area contributed by atoms with Crippen LogP contribution in [-0.2, 0) is 9.53 Å². The van der Waals surface area contributed by atoms with Crippen LogP contribution in [0.5, 0.6) is 0 Å². The number of nitrogens with zero attached hydrogens (tertiary/aromatic N) is 2. The molecule has 2 heterocycles. The zero-order chi connectivity index (χ0) is 13.9. The van der Waals surface area contributed by atoms with Crippen LogP contribution in [0.15, 0.2) is 24.5 Å². The summed E-state index contributed by atoms with van der Waals surface area (Å²) in [6.45, 7) is 7.01. The predicted molar refractivity (Wildman–Crippen MR) is 73.6 cm³/mol. The summed E-state index contributed by atoms with van der Waals surface area (Å²) in [4.78, 5) is 18.2. The minimum atomic E-state index is -0.414. The van der Waals surface area contributed by atoms with Gasteiger partial charge in [0.15, 0.2) is 0 Å². The Hall–Kier alpha value is -1.42. The van der Waals surface area contributed by atoms with E-state index in [0.29, 0.717) is 12.6 Å². The molecule has 1 fully saturated rings. The van der Waals surface area contributed by atoms with Crippen molar-refractivity contribution in [3.05, 3.63) is 30.1 Å². The molecule has 1 aliphatic rings. The summed E-state index contributed by atoms with van der Waals surface area (Å²) in [5, 5.41) is 0. The van der Waals surface area contributed by atoms with E-state index in [2.05, 4.69) is 9.88 Å². The third-order valence-electron chi connectivity index (χ3n) is 3.21. The average Bonchev–Trinajstić information content (AvgIpc) is 2.75. The zero-order valence-electron chi connectivity index (χ0n) is 11.9. The van der Waals surface area contributed by atoms with Gasteiger partial charge in [0.2, 0.25) is 0 Å². The molecule has 0 aromatic carbocycles. The summed E-state index contributed by atoms with van der Waals surface area (Å²) in [7, 11) is 0. The van der Waals surface area contributed by atoms with E-state index < -0.39 is 5.60 Å². The number of carbonyl (C=O) groups is 1. The molecule has 0 aliphatic carbocycles. The molecule has 1 aromatic rings. The standard InChI is InChI=1S/C15H22N2O2/c1-15(2,3)19-14(18)11-17-10-4-5-13(17)12-6-8-16-9-7-12/h6-9,13H,4-5,10-11H2,1-3H3. The molecular formula is C15H22N2O2. The lowest BCUT2D eigenvalue weighted by Gasteiger charge is -2.26. The normalized spacial score (nSPS) is 20.5. The maximum atomic E-state index is 11.9. The minimum Gasteiger partial charge on any atom is -0.459 e. The summed E-state index contributed by atoms with van der Waals surface area (Å²) in [5.41, 5.74) is 0.819. The number of carbonyl (C=O) groups excluding carboxylic acids is 1. The molecular weight excluding hydrogens is 240 g/mol. The van der Waals surface area contributed by atoms with E-state index >= 15 is 0 Å². The summed E-state index contributed by atoms with van der Waals surface area (Å²) >= 11 is 0. The highest BCUT2D eigenvalue weighted by molar-refractivity contribution is 5.72. The van der Waals surface area contributed by atoms with Crippen molar-refractivity contribution in [2.24, 2.45) is 0 Å². The van der Waals surface area contributed by atoms with Crippen molar-refractivity contribution >= 4 is 5.97 Å². The van der Waals surface area contributed by atoms with E-state index in [-0.39, 0.29) is 5.97 Å². The molecule has 104 valence electrons. The van der Waals surface area contributed by atoms with E-state index in [4.69, 9.17) is 4.74 Å². The van der Waals surface area contributed by atoms with Crippen LogP contribution in [0.2, 0.25) is 0 Å². The number of ether oxygens (including phenoxy) is 1. The molecule has 0 saturated carbocycles. The fraction of sp³-hybridized carbons (Fsp3) is 0.600. The van der Waals surface area contributed by atoms with Gasteiger partial charge in [0.05, 0.1) is 6.54 Å². The van der Waals surface area contributed by atoms with Gasteiger partial charge in [-0.15, -0.1) is 0 Å². The summed E-state index contributed by atoms with van der Waals surface area (Å²) < 4.78 is 5.39. The number of esters is 1. The highest BCUT2D eigenvalue weighted by Crippen LogP contribution is 2.31. The second kappa shape index (κ2) is 5.70. The number of hydrogen-bond acceptors (Lipinski definition) is 4. The molecule has 4 heteroatoms. The van der Waals surface area contributed by atoms with E-state index in [1.54, 1.807) is 12.4 Å². The number of rotatable bonds is 3. The van der Waals surface area contributed by atoms with Gasteiger partial charge >= 0.3 is 5.97 Å². The summed E-state index contributed by atoms with van der Waals surface area (Å²) in [5.74, 6) is -0.145. The number of pyridine rings is 1. The van der Waals surface area contributed by atoms with Gasteiger partial charge in [-0.05, 0) is 57.9 Å². The Morgan fingerprint density at radius 3 is 2.74 bits per heavy atom. The lowest BCUT2D eigenvalue weighted by atomic mass is 10.1. The van der Waals surface area contributed by atoms with Gasteiger partial charge in [-0.1, -0.05) is 0 Å².